The maximum Gasteiger partial charge on any atom is 0.275 e. The third-order valence-electron chi connectivity index (χ3n) is 6.51. The standard InChI is InChI=1S/C26H28F3N5O2/c1-5-26(28,29)21-8-6-7-18(22(21)27)14(2)30-23-20-13-19(17-9-11-34(12-10-17)16(4)35)25(36)33-24(20)32-15(3)31-23/h6-9,13-14H,5,10-12H2,1-4H3,(H2,30,31,32,33,36)/t14-/m1/s1. The molecular weight excluding hydrogens is 471 g/mol. The van der Waals surface area contributed by atoms with Crippen LogP contribution in [0.4, 0.5) is 19.0 Å². The van der Waals surface area contributed by atoms with E-state index in [0.717, 1.165) is 11.6 Å². The predicted octanol–water partition coefficient (Wildman–Crippen LogP) is 5.08. The number of pyridine rings is 1. The summed E-state index contributed by atoms with van der Waals surface area (Å²) in [5, 5.41) is 3.63. The molecule has 0 aliphatic carbocycles. The van der Waals surface area contributed by atoms with E-state index in [1.54, 1.807) is 24.8 Å². The van der Waals surface area contributed by atoms with Gasteiger partial charge in [0.1, 0.15) is 23.1 Å². The summed E-state index contributed by atoms with van der Waals surface area (Å²) >= 11 is 0. The fraction of sp³-hybridized carbons (Fsp3) is 0.385. The molecular formula is C26H28F3N5O2. The Hall–Kier alpha value is -3.69. The highest BCUT2D eigenvalue weighted by molar-refractivity contribution is 5.89. The number of carbonyl (C=O) groups excluding carboxylic acids is 1. The second kappa shape index (κ2) is 9.75. The molecule has 2 aromatic heterocycles. The van der Waals surface area contributed by atoms with Gasteiger partial charge in [-0.2, -0.15) is 0 Å². The normalized spacial score (nSPS) is 15.1. The van der Waals surface area contributed by atoms with Gasteiger partial charge < -0.3 is 15.2 Å². The number of nitrogens with one attached hydrogen (secondary N) is 2. The number of amides is 1. The molecule has 36 heavy (non-hydrogen) atoms. The number of benzene rings is 1. The quantitative estimate of drug-likeness (QED) is 0.494. The maximum atomic E-state index is 15.1. The molecule has 3 heterocycles. The molecule has 4 rings (SSSR count). The van der Waals surface area contributed by atoms with Gasteiger partial charge in [-0.1, -0.05) is 31.2 Å². The van der Waals surface area contributed by atoms with Crippen molar-refractivity contribution in [1.82, 2.24) is 19.9 Å². The Balaban J connectivity index is 1.74. The van der Waals surface area contributed by atoms with Crippen LogP contribution in [0.1, 0.15) is 62.2 Å². The first-order chi connectivity index (χ1) is 17.0. The SMILES string of the molecule is CCC(F)(F)c1cccc([C@@H](C)Nc2nc(C)nc3[nH]c(=O)c(C4=CCN(C(C)=O)CC4)cc23)c1F. The number of rotatable bonds is 6. The Morgan fingerprint density at radius 2 is 2.06 bits per heavy atom. The Bertz CT molecular complexity index is 1420. The van der Waals surface area contributed by atoms with Crippen molar-refractivity contribution < 1.29 is 18.0 Å². The lowest BCUT2D eigenvalue weighted by atomic mass is 9.98. The van der Waals surface area contributed by atoms with Gasteiger partial charge in [-0.3, -0.25) is 9.59 Å². The smallest absolute Gasteiger partial charge is 0.275 e. The van der Waals surface area contributed by atoms with Gasteiger partial charge in [0.2, 0.25) is 5.91 Å². The number of halogens is 3. The zero-order valence-electron chi connectivity index (χ0n) is 20.6. The van der Waals surface area contributed by atoms with Crippen molar-refractivity contribution in [2.75, 3.05) is 18.4 Å². The van der Waals surface area contributed by atoms with Gasteiger partial charge in [0, 0.05) is 37.6 Å². The topological polar surface area (TPSA) is 91.0 Å². The van der Waals surface area contributed by atoms with Crippen LogP contribution in [0.2, 0.25) is 0 Å². The lowest BCUT2D eigenvalue weighted by Gasteiger charge is -2.25. The number of anilines is 1. The molecule has 10 heteroatoms. The fourth-order valence-corrected chi connectivity index (χ4v) is 4.39. The van der Waals surface area contributed by atoms with E-state index >= 15 is 4.39 Å². The number of hydrogen-bond donors (Lipinski definition) is 2. The number of aromatic amines is 1. The lowest BCUT2D eigenvalue weighted by Crippen LogP contribution is -2.33. The molecule has 190 valence electrons. The molecule has 1 aliphatic heterocycles. The number of H-pyrrole nitrogens is 1. The van der Waals surface area contributed by atoms with Crippen LogP contribution in [-0.4, -0.2) is 38.8 Å². The summed E-state index contributed by atoms with van der Waals surface area (Å²) in [6.07, 6.45) is 1.85. The molecule has 1 aromatic carbocycles. The summed E-state index contributed by atoms with van der Waals surface area (Å²) in [7, 11) is 0. The van der Waals surface area contributed by atoms with Crippen LogP contribution < -0.4 is 10.9 Å². The van der Waals surface area contributed by atoms with Gasteiger partial charge in [-0.15, -0.1) is 0 Å². The molecule has 1 aliphatic rings. The molecule has 0 spiro atoms. The van der Waals surface area contributed by atoms with Crippen molar-refractivity contribution in [3.63, 3.8) is 0 Å². The number of alkyl halides is 2. The number of aryl methyl sites for hydroxylation is 1. The first-order valence-electron chi connectivity index (χ1n) is 11.8. The van der Waals surface area contributed by atoms with Crippen LogP contribution >= 0.6 is 0 Å². The van der Waals surface area contributed by atoms with Crippen molar-refractivity contribution in [1.29, 1.82) is 0 Å². The van der Waals surface area contributed by atoms with Gasteiger partial charge in [0.25, 0.3) is 11.5 Å². The van der Waals surface area contributed by atoms with Crippen LogP contribution in [0.25, 0.3) is 16.6 Å². The molecule has 2 N–H and O–H groups in total. The second-order valence-electron chi connectivity index (χ2n) is 8.97. The van der Waals surface area contributed by atoms with Gasteiger partial charge in [0.15, 0.2) is 0 Å². The van der Waals surface area contributed by atoms with E-state index < -0.39 is 29.8 Å². The Labute approximate surface area is 206 Å². The van der Waals surface area contributed by atoms with E-state index in [1.165, 1.54) is 26.0 Å². The molecule has 1 atom stereocenters. The summed E-state index contributed by atoms with van der Waals surface area (Å²) in [5.74, 6) is -3.55. The lowest BCUT2D eigenvalue weighted by molar-refractivity contribution is -0.128. The zero-order chi connectivity index (χ0) is 26.2. The van der Waals surface area contributed by atoms with Crippen LogP contribution in [0, 0.1) is 12.7 Å². The van der Waals surface area contributed by atoms with E-state index in [4.69, 9.17) is 0 Å². The zero-order valence-corrected chi connectivity index (χ0v) is 20.6. The molecule has 0 bridgehead atoms. The third-order valence-corrected chi connectivity index (χ3v) is 6.51. The fourth-order valence-electron chi connectivity index (χ4n) is 4.39. The molecule has 1 amide bonds. The molecule has 0 saturated heterocycles. The van der Waals surface area contributed by atoms with Crippen molar-refractivity contribution in [2.24, 2.45) is 0 Å². The van der Waals surface area contributed by atoms with Gasteiger partial charge in [-0.05, 0) is 31.9 Å². The minimum absolute atomic E-state index is 0.0323. The maximum absolute atomic E-state index is 15.1. The summed E-state index contributed by atoms with van der Waals surface area (Å²) in [6.45, 7) is 7.03. The number of fused-ring (bicyclic) bond motifs is 1. The van der Waals surface area contributed by atoms with E-state index in [9.17, 15) is 18.4 Å². The number of carbonyl (C=O) groups is 1. The molecule has 7 nitrogen and oxygen atoms in total. The van der Waals surface area contributed by atoms with Gasteiger partial charge in [0.05, 0.1) is 17.0 Å². The summed E-state index contributed by atoms with van der Waals surface area (Å²) in [4.78, 5) is 37.7. The molecule has 0 saturated carbocycles. The van der Waals surface area contributed by atoms with Crippen LogP contribution in [0.3, 0.4) is 0 Å². The molecule has 0 radical (unpaired) electrons. The minimum atomic E-state index is -3.28. The number of hydrogen-bond acceptors (Lipinski definition) is 5. The Morgan fingerprint density at radius 3 is 2.69 bits per heavy atom. The van der Waals surface area contributed by atoms with Crippen molar-refractivity contribution in [3.05, 3.63) is 69.0 Å². The summed E-state index contributed by atoms with van der Waals surface area (Å²) < 4.78 is 43.6. The summed E-state index contributed by atoms with van der Waals surface area (Å²) in [5.41, 5.74) is 0.659. The van der Waals surface area contributed by atoms with E-state index in [0.29, 0.717) is 47.7 Å². The number of nitrogens with zero attached hydrogens (tertiary/aromatic N) is 3. The first kappa shape index (κ1) is 25.4. The Morgan fingerprint density at radius 1 is 1.31 bits per heavy atom. The van der Waals surface area contributed by atoms with Gasteiger partial charge >= 0.3 is 0 Å². The average Bonchev–Trinajstić information content (AvgIpc) is 2.83. The highest BCUT2D eigenvalue weighted by Crippen LogP contribution is 2.36. The predicted molar refractivity (Wildman–Crippen MR) is 132 cm³/mol. The van der Waals surface area contributed by atoms with Crippen molar-refractivity contribution in [3.8, 4) is 0 Å². The van der Waals surface area contributed by atoms with Crippen LogP contribution in [0.15, 0.2) is 35.1 Å². The van der Waals surface area contributed by atoms with Gasteiger partial charge in [-0.25, -0.2) is 23.1 Å². The average molecular weight is 500 g/mol. The largest absolute Gasteiger partial charge is 0.363 e. The molecule has 3 aromatic rings. The van der Waals surface area contributed by atoms with E-state index in [1.807, 2.05) is 6.08 Å². The molecule has 0 unspecified atom stereocenters. The first-order valence-corrected chi connectivity index (χ1v) is 11.8. The number of aromatic nitrogens is 3. The van der Waals surface area contributed by atoms with Crippen molar-refractivity contribution >= 4 is 28.3 Å². The summed E-state index contributed by atoms with van der Waals surface area (Å²) in [6, 6.07) is 4.94. The van der Waals surface area contributed by atoms with Crippen molar-refractivity contribution in [2.45, 2.75) is 52.5 Å². The highest BCUT2D eigenvalue weighted by atomic mass is 19.3. The van der Waals surface area contributed by atoms with E-state index in [2.05, 4.69) is 20.3 Å². The molecule has 0 fully saturated rings. The van der Waals surface area contributed by atoms with E-state index in [-0.39, 0.29) is 17.0 Å². The van der Waals surface area contributed by atoms with Crippen LogP contribution in [-0.2, 0) is 10.7 Å². The second-order valence-corrected chi connectivity index (χ2v) is 8.97. The highest BCUT2D eigenvalue weighted by Gasteiger charge is 2.33. The Kier molecular flexibility index (Phi) is 6.88. The monoisotopic (exact) mass is 499 g/mol. The third kappa shape index (κ3) is 4.84. The minimum Gasteiger partial charge on any atom is -0.363 e. The van der Waals surface area contributed by atoms with Crippen LogP contribution in [0.5, 0.6) is 0 Å².